The Labute approximate surface area is 178 Å². The van der Waals surface area contributed by atoms with E-state index in [2.05, 4.69) is 0 Å². The smallest absolute Gasteiger partial charge is 0.229 e. The van der Waals surface area contributed by atoms with Crippen LogP contribution in [0.1, 0.15) is 34.0 Å². The zero-order chi connectivity index (χ0) is 22.3. The number of aliphatic hydroxyl groups is 4. The second kappa shape index (κ2) is 8.45. The van der Waals surface area contributed by atoms with Gasteiger partial charge < -0.3 is 39.7 Å². The van der Waals surface area contributed by atoms with Crippen LogP contribution >= 0.6 is 0 Å². The summed E-state index contributed by atoms with van der Waals surface area (Å²) in [5.41, 5.74) is 1.06. The molecule has 166 valence electrons. The highest BCUT2D eigenvalue weighted by Gasteiger charge is 2.45. The molecule has 0 aliphatic carbocycles. The Bertz CT molecular complexity index is 959. The summed E-state index contributed by atoms with van der Waals surface area (Å²) in [6, 6.07) is 10.6. The number of hydrogen-bond acceptors (Lipinski definition) is 9. The summed E-state index contributed by atoms with van der Waals surface area (Å²) in [4.78, 5) is 12.7. The average Bonchev–Trinajstić information content (AvgIpc) is 2.77. The summed E-state index contributed by atoms with van der Waals surface area (Å²) in [5, 5.41) is 50.1. The molecule has 0 aromatic heterocycles. The molecule has 0 amide bonds. The van der Waals surface area contributed by atoms with Crippen molar-refractivity contribution in [3.63, 3.8) is 0 Å². The summed E-state index contributed by atoms with van der Waals surface area (Å²) in [5.74, 6) is -0.418. The second-order valence-electron chi connectivity index (χ2n) is 7.68. The van der Waals surface area contributed by atoms with Gasteiger partial charge >= 0.3 is 0 Å². The number of aliphatic hydroxyl groups excluding tert-OH is 4. The largest absolute Gasteiger partial charge is 0.507 e. The summed E-state index contributed by atoms with van der Waals surface area (Å²) >= 11 is 0. The van der Waals surface area contributed by atoms with Crippen molar-refractivity contribution in [2.75, 3.05) is 6.61 Å². The molecule has 0 saturated carbocycles. The lowest BCUT2D eigenvalue weighted by Gasteiger charge is -2.39. The summed E-state index contributed by atoms with van der Waals surface area (Å²) in [6.07, 6.45) is -7.80. The van der Waals surface area contributed by atoms with Gasteiger partial charge in [0.2, 0.25) is 6.29 Å². The first-order valence-electron chi connectivity index (χ1n) is 9.90. The quantitative estimate of drug-likeness (QED) is 0.468. The normalized spacial score (nSPS) is 30.4. The van der Waals surface area contributed by atoms with Crippen LogP contribution < -0.4 is 9.47 Å². The van der Waals surface area contributed by atoms with Gasteiger partial charge in [-0.15, -0.1) is 0 Å². The molecule has 4 rings (SSSR count). The predicted octanol–water partition coefficient (Wildman–Crippen LogP) is 0.586. The Balaban J connectivity index is 1.65. The first kappa shape index (κ1) is 21.5. The maximum absolute atomic E-state index is 12.7. The highest BCUT2D eigenvalue weighted by atomic mass is 16.7. The van der Waals surface area contributed by atoms with Gasteiger partial charge in [0, 0.05) is 11.6 Å². The number of phenolic OH excluding ortho intramolecular Hbond substituents is 1. The Hall–Kier alpha value is -2.69. The highest BCUT2D eigenvalue weighted by Crippen LogP contribution is 2.45. The van der Waals surface area contributed by atoms with Gasteiger partial charge in [0.25, 0.3) is 0 Å². The highest BCUT2D eigenvalue weighted by molar-refractivity contribution is 6.03. The SMILES string of the molecule is Cc1c(O[C@H]2O[C@@H](CO)[C@H](O)[C@H](O)[C@@H]2O)cc2c(c1O)C(=O)C[C@H](c1ccccc1)O2. The minimum absolute atomic E-state index is 0.0471. The molecule has 5 N–H and O–H groups in total. The van der Waals surface area contributed by atoms with E-state index in [1.807, 2.05) is 30.3 Å². The first-order valence-corrected chi connectivity index (χ1v) is 9.90. The number of phenols is 1. The summed E-state index contributed by atoms with van der Waals surface area (Å²) < 4.78 is 17.0. The molecule has 2 heterocycles. The number of hydrogen-bond donors (Lipinski definition) is 5. The van der Waals surface area contributed by atoms with Crippen LogP contribution in [0.5, 0.6) is 17.2 Å². The molecule has 9 heteroatoms. The van der Waals surface area contributed by atoms with Crippen molar-refractivity contribution in [3.05, 3.63) is 53.1 Å². The number of ketones is 1. The van der Waals surface area contributed by atoms with E-state index in [4.69, 9.17) is 14.2 Å². The molecule has 0 bridgehead atoms. The standard InChI is InChI=1S/C22H24O9/c1-10-13(30-22-21(28)20(27)19(26)16(9-23)31-22)8-15-17(18(10)25)12(24)7-14(29-15)11-5-3-2-4-6-11/h2-6,8,14,16,19-23,25-28H,7,9H2,1H3/t14-,16+,19+,20+,21+,22+/m1/s1. The molecular formula is C22H24O9. The van der Waals surface area contributed by atoms with Crippen molar-refractivity contribution in [1.82, 2.24) is 0 Å². The van der Waals surface area contributed by atoms with Crippen molar-refractivity contribution in [1.29, 1.82) is 0 Å². The van der Waals surface area contributed by atoms with Crippen LogP contribution in [-0.2, 0) is 4.74 Å². The minimum Gasteiger partial charge on any atom is -0.507 e. The maximum atomic E-state index is 12.7. The van der Waals surface area contributed by atoms with Crippen molar-refractivity contribution in [3.8, 4) is 17.2 Å². The molecule has 2 aliphatic rings. The van der Waals surface area contributed by atoms with Crippen LogP contribution in [0.25, 0.3) is 0 Å². The molecule has 9 nitrogen and oxygen atoms in total. The van der Waals surface area contributed by atoms with Gasteiger partial charge in [-0.25, -0.2) is 0 Å². The molecule has 6 atom stereocenters. The second-order valence-corrected chi connectivity index (χ2v) is 7.68. The minimum atomic E-state index is -1.62. The molecule has 2 aliphatic heterocycles. The van der Waals surface area contributed by atoms with Gasteiger partial charge in [-0.05, 0) is 12.5 Å². The first-order chi connectivity index (χ1) is 14.8. The van der Waals surface area contributed by atoms with Crippen LogP contribution in [-0.4, -0.2) is 68.6 Å². The predicted molar refractivity (Wildman–Crippen MR) is 106 cm³/mol. The lowest BCUT2D eigenvalue weighted by atomic mass is 9.94. The monoisotopic (exact) mass is 432 g/mol. The Morgan fingerprint density at radius 1 is 1.10 bits per heavy atom. The zero-order valence-electron chi connectivity index (χ0n) is 16.7. The van der Waals surface area contributed by atoms with Gasteiger partial charge in [-0.3, -0.25) is 4.79 Å². The number of fused-ring (bicyclic) bond motifs is 1. The van der Waals surface area contributed by atoms with Gasteiger partial charge in [0.05, 0.1) is 13.0 Å². The molecule has 2 aromatic rings. The van der Waals surface area contributed by atoms with Gasteiger partial charge in [-0.2, -0.15) is 0 Å². The van der Waals surface area contributed by atoms with Gasteiger partial charge in [0.1, 0.15) is 53.3 Å². The summed E-state index contributed by atoms with van der Waals surface area (Å²) in [6.45, 7) is 0.918. The molecule has 0 spiro atoms. The number of aromatic hydroxyl groups is 1. The van der Waals surface area contributed by atoms with Crippen LogP contribution in [0.4, 0.5) is 0 Å². The fourth-order valence-corrected chi connectivity index (χ4v) is 3.81. The summed E-state index contributed by atoms with van der Waals surface area (Å²) in [7, 11) is 0. The van der Waals surface area contributed by atoms with Crippen molar-refractivity contribution >= 4 is 5.78 Å². The lowest BCUT2D eigenvalue weighted by molar-refractivity contribution is -0.277. The van der Waals surface area contributed by atoms with Gasteiger partial charge in [-0.1, -0.05) is 30.3 Å². The van der Waals surface area contributed by atoms with E-state index in [0.29, 0.717) is 0 Å². The number of benzene rings is 2. The lowest BCUT2D eigenvalue weighted by Crippen LogP contribution is -2.60. The average molecular weight is 432 g/mol. The molecule has 1 saturated heterocycles. The molecule has 0 radical (unpaired) electrons. The van der Waals surface area contributed by atoms with E-state index in [1.165, 1.54) is 13.0 Å². The van der Waals surface area contributed by atoms with E-state index in [0.717, 1.165) is 5.56 Å². The molecule has 1 fully saturated rings. The molecule has 31 heavy (non-hydrogen) atoms. The zero-order valence-corrected chi connectivity index (χ0v) is 16.7. The van der Waals surface area contributed by atoms with Crippen molar-refractivity contribution < 1.29 is 44.5 Å². The van der Waals surface area contributed by atoms with Gasteiger partial charge in [0.15, 0.2) is 5.78 Å². The van der Waals surface area contributed by atoms with Crippen molar-refractivity contribution in [2.24, 2.45) is 0 Å². The van der Waals surface area contributed by atoms with Crippen LogP contribution in [0.15, 0.2) is 36.4 Å². The van der Waals surface area contributed by atoms with E-state index in [-0.39, 0.29) is 40.6 Å². The number of carbonyl (C=O) groups is 1. The third-order valence-electron chi connectivity index (χ3n) is 5.65. The van der Waals surface area contributed by atoms with Crippen LogP contribution in [0, 0.1) is 6.92 Å². The number of Topliss-reactive ketones (excluding diaryl/α,β-unsaturated/α-hetero) is 1. The fourth-order valence-electron chi connectivity index (χ4n) is 3.81. The maximum Gasteiger partial charge on any atom is 0.229 e. The van der Waals surface area contributed by atoms with Crippen molar-refractivity contribution in [2.45, 2.75) is 50.2 Å². The topological polar surface area (TPSA) is 146 Å². The third kappa shape index (κ3) is 3.86. The number of rotatable bonds is 4. The fraction of sp³-hybridized carbons (Fsp3) is 0.409. The number of ether oxygens (including phenoxy) is 3. The van der Waals surface area contributed by atoms with E-state index in [9.17, 15) is 30.3 Å². The number of carbonyl (C=O) groups excluding carboxylic acids is 1. The Kier molecular flexibility index (Phi) is 5.87. The van der Waals surface area contributed by atoms with E-state index >= 15 is 0 Å². The molecule has 2 aromatic carbocycles. The van der Waals surface area contributed by atoms with Crippen LogP contribution in [0.3, 0.4) is 0 Å². The van der Waals surface area contributed by atoms with E-state index in [1.54, 1.807) is 0 Å². The Morgan fingerprint density at radius 3 is 2.48 bits per heavy atom. The van der Waals surface area contributed by atoms with Crippen LogP contribution in [0.2, 0.25) is 0 Å². The molecular weight excluding hydrogens is 408 g/mol. The third-order valence-corrected chi connectivity index (χ3v) is 5.65. The Morgan fingerprint density at radius 2 is 1.81 bits per heavy atom. The molecule has 0 unspecified atom stereocenters. The van der Waals surface area contributed by atoms with E-state index < -0.39 is 43.4 Å².